The quantitative estimate of drug-likeness (QED) is 0.407. The molecule has 172 valence electrons. The lowest BCUT2D eigenvalue weighted by Crippen LogP contribution is -2.30. The Morgan fingerprint density at radius 3 is 2.26 bits per heavy atom. The second-order valence-corrected chi connectivity index (χ2v) is 9.10. The number of carbonyl (C=O) groups is 1. The van der Waals surface area contributed by atoms with Crippen molar-refractivity contribution in [3.63, 3.8) is 0 Å². The third-order valence-corrected chi connectivity index (χ3v) is 7.00. The van der Waals surface area contributed by atoms with Gasteiger partial charge in [-0.25, -0.2) is 13.5 Å². The highest BCUT2D eigenvalue weighted by Gasteiger charge is 2.35. The molecule has 34 heavy (non-hydrogen) atoms. The van der Waals surface area contributed by atoms with E-state index < -0.39 is 0 Å². The summed E-state index contributed by atoms with van der Waals surface area (Å²) in [5.41, 5.74) is 3.90. The van der Waals surface area contributed by atoms with E-state index in [2.05, 4.69) is 0 Å². The summed E-state index contributed by atoms with van der Waals surface area (Å²) < 4.78 is 28.7. The predicted octanol–water partition coefficient (Wildman–Crippen LogP) is 5.34. The number of halogens is 2. The molecule has 1 aliphatic heterocycles. The molecule has 0 bridgehead atoms. The van der Waals surface area contributed by atoms with Gasteiger partial charge in [0.2, 0.25) is 5.91 Å². The molecule has 1 saturated heterocycles. The van der Waals surface area contributed by atoms with Gasteiger partial charge in [-0.3, -0.25) is 4.79 Å². The molecular formula is C26H21F2N3O2S. The number of carbonyl (C=O) groups excluding carboxylic acids is 1. The van der Waals surface area contributed by atoms with Gasteiger partial charge in [0.05, 0.1) is 17.1 Å². The molecule has 0 spiro atoms. The first kappa shape index (κ1) is 22.2. The second kappa shape index (κ2) is 9.30. The average molecular weight is 478 g/mol. The SMILES string of the molecule is O=C1CS[C@H](c2cn(-c3ccc(F)cc3)nc2-c2ccc(F)cc2)N1CCc1ccc(O)cc1. The zero-order valence-corrected chi connectivity index (χ0v) is 18.9. The average Bonchev–Trinajstić information content (AvgIpc) is 3.43. The van der Waals surface area contributed by atoms with Gasteiger partial charge in [0.15, 0.2) is 0 Å². The van der Waals surface area contributed by atoms with Crippen LogP contribution in [0.1, 0.15) is 16.5 Å². The number of hydrogen-bond donors (Lipinski definition) is 1. The molecular weight excluding hydrogens is 456 g/mol. The van der Waals surface area contributed by atoms with Crippen LogP contribution in [0.25, 0.3) is 16.9 Å². The number of hydrogen-bond acceptors (Lipinski definition) is 4. The van der Waals surface area contributed by atoms with Gasteiger partial charge in [0.1, 0.15) is 22.8 Å². The molecule has 3 aromatic carbocycles. The molecule has 0 radical (unpaired) electrons. The van der Waals surface area contributed by atoms with Crippen LogP contribution in [0, 0.1) is 11.6 Å². The van der Waals surface area contributed by atoms with Crippen molar-refractivity contribution in [2.75, 3.05) is 12.3 Å². The number of nitrogens with zero attached hydrogens (tertiary/aromatic N) is 3. The Bertz CT molecular complexity index is 1310. The molecule has 1 aromatic heterocycles. The van der Waals surface area contributed by atoms with Crippen LogP contribution in [0.4, 0.5) is 8.78 Å². The summed E-state index contributed by atoms with van der Waals surface area (Å²) in [5.74, 6) is -0.0958. The second-order valence-electron chi connectivity index (χ2n) is 8.03. The number of benzene rings is 3. The number of phenols is 1. The molecule has 5 rings (SSSR count). The van der Waals surface area contributed by atoms with Crippen LogP contribution >= 0.6 is 11.8 Å². The summed E-state index contributed by atoms with van der Waals surface area (Å²) in [6.07, 6.45) is 2.50. The first-order valence-corrected chi connectivity index (χ1v) is 11.8. The van der Waals surface area contributed by atoms with Gasteiger partial charge in [0.25, 0.3) is 0 Å². The Morgan fingerprint density at radius 1 is 0.941 bits per heavy atom. The molecule has 1 fully saturated rings. The Morgan fingerprint density at radius 2 is 1.59 bits per heavy atom. The normalized spacial score (nSPS) is 15.8. The van der Waals surface area contributed by atoms with E-state index in [0.717, 1.165) is 16.7 Å². The lowest BCUT2D eigenvalue weighted by atomic mass is 10.1. The standard InChI is InChI=1S/C26H21F2N3O2S/c27-19-5-3-18(4-6-19)25-23(15-31(29-25)21-9-7-20(28)8-10-21)26-30(24(33)16-34-26)14-13-17-1-11-22(32)12-2-17/h1-12,15,26,32H,13-14,16H2/t26-/m1/s1. The molecule has 1 N–H and O–H groups in total. The lowest BCUT2D eigenvalue weighted by Gasteiger charge is -2.24. The third kappa shape index (κ3) is 4.54. The number of phenolic OH excluding ortho intramolecular Hbond substituents is 1. The Hall–Kier alpha value is -3.65. The highest BCUT2D eigenvalue weighted by molar-refractivity contribution is 8.00. The van der Waals surface area contributed by atoms with E-state index in [4.69, 9.17) is 5.10 Å². The Balaban J connectivity index is 1.50. The number of rotatable bonds is 6. The number of aromatic hydroxyl groups is 1. The molecule has 2 heterocycles. The maximum Gasteiger partial charge on any atom is 0.233 e. The number of amides is 1. The van der Waals surface area contributed by atoms with Crippen LogP contribution in [0.3, 0.4) is 0 Å². The van der Waals surface area contributed by atoms with Crippen molar-refractivity contribution < 1.29 is 18.7 Å². The van der Waals surface area contributed by atoms with E-state index in [0.29, 0.717) is 30.1 Å². The molecule has 5 nitrogen and oxygen atoms in total. The third-order valence-electron chi connectivity index (χ3n) is 5.76. The molecule has 8 heteroatoms. The fraction of sp³-hybridized carbons (Fsp3) is 0.154. The fourth-order valence-electron chi connectivity index (χ4n) is 3.99. The van der Waals surface area contributed by atoms with Crippen molar-refractivity contribution in [1.82, 2.24) is 14.7 Å². The van der Waals surface area contributed by atoms with Crippen molar-refractivity contribution in [1.29, 1.82) is 0 Å². The molecule has 1 aliphatic rings. The van der Waals surface area contributed by atoms with E-state index in [1.165, 1.54) is 36.0 Å². The summed E-state index contributed by atoms with van der Waals surface area (Å²) in [7, 11) is 0. The monoisotopic (exact) mass is 477 g/mol. The van der Waals surface area contributed by atoms with Crippen molar-refractivity contribution in [3.8, 4) is 22.7 Å². The zero-order chi connectivity index (χ0) is 23.7. The predicted molar refractivity (Wildman–Crippen MR) is 128 cm³/mol. The van der Waals surface area contributed by atoms with Gasteiger partial charge >= 0.3 is 0 Å². The van der Waals surface area contributed by atoms with Gasteiger partial charge in [-0.05, 0) is 72.6 Å². The van der Waals surface area contributed by atoms with Gasteiger partial charge < -0.3 is 10.0 Å². The molecule has 0 saturated carbocycles. The molecule has 0 aliphatic carbocycles. The van der Waals surface area contributed by atoms with Crippen LogP contribution in [-0.2, 0) is 11.2 Å². The van der Waals surface area contributed by atoms with Crippen molar-refractivity contribution in [3.05, 3.63) is 102 Å². The highest BCUT2D eigenvalue weighted by Crippen LogP contribution is 2.42. The van der Waals surface area contributed by atoms with E-state index in [-0.39, 0.29) is 28.7 Å². The summed E-state index contributed by atoms with van der Waals surface area (Å²) in [6.45, 7) is 0.506. The molecule has 0 unspecified atom stereocenters. The van der Waals surface area contributed by atoms with Crippen LogP contribution in [0.2, 0.25) is 0 Å². The lowest BCUT2D eigenvalue weighted by molar-refractivity contribution is -0.128. The first-order chi connectivity index (χ1) is 16.5. The van der Waals surface area contributed by atoms with Crippen molar-refractivity contribution in [2.45, 2.75) is 11.8 Å². The first-order valence-electron chi connectivity index (χ1n) is 10.8. The van der Waals surface area contributed by atoms with E-state index >= 15 is 0 Å². The maximum atomic E-state index is 13.6. The van der Waals surface area contributed by atoms with Crippen molar-refractivity contribution >= 4 is 17.7 Å². The summed E-state index contributed by atoms with van der Waals surface area (Å²) in [6, 6.07) is 19.0. The minimum absolute atomic E-state index is 0.0355. The summed E-state index contributed by atoms with van der Waals surface area (Å²) in [4.78, 5) is 14.6. The topological polar surface area (TPSA) is 58.4 Å². The van der Waals surface area contributed by atoms with Gasteiger partial charge in [-0.2, -0.15) is 5.10 Å². The molecule has 4 aromatic rings. The molecule has 1 atom stereocenters. The Kier molecular flexibility index (Phi) is 6.06. The van der Waals surface area contributed by atoms with E-state index in [9.17, 15) is 18.7 Å². The van der Waals surface area contributed by atoms with E-state index in [1.807, 2.05) is 23.2 Å². The molecule has 1 amide bonds. The summed E-state index contributed by atoms with van der Waals surface area (Å²) in [5, 5.41) is 14.0. The number of thioether (sulfide) groups is 1. The van der Waals surface area contributed by atoms with Crippen LogP contribution in [0.5, 0.6) is 5.75 Å². The van der Waals surface area contributed by atoms with E-state index in [1.54, 1.807) is 41.1 Å². The fourth-order valence-corrected chi connectivity index (χ4v) is 5.21. The van der Waals surface area contributed by atoms with Crippen LogP contribution in [0.15, 0.2) is 79.0 Å². The minimum Gasteiger partial charge on any atom is -0.508 e. The summed E-state index contributed by atoms with van der Waals surface area (Å²) >= 11 is 1.52. The van der Waals surface area contributed by atoms with Gasteiger partial charge in [0, 0.05) is 23.9 Å². The minimum atomic E-state index is -0.343. The van der Waals surface area contributed by atoms with Gasteiger partial charge in [-0.15, -0.1) is 11.8 Å². The number of aromatic nitrogens is 2. The van der Waals surface area contributed by atoms with Crippen LogP contribution < -0.4 is 0 Å². The Labute approximate surface area is 199 Å². The van der Waals surface area contributed by atoms with Crippen LogP contribution in [-0.4, -0.2) is 38.0 Å². The van der Waals surface area contributed by atoms with Gasteiger partial charge in [-0.1, -0.05) is 12.1 Å². The maximum absolute atomic E-state index is 13.6. The zero-order valence-electron chi connectivity index (χ0n) is 18.1. The highest BCUT2D eigenvalue weighted by atomic mass is 32.2. The van der Waals surface area contributed by atoms with Crippen molar-refractivity contribution in [2.24, 2.45) is 0 Å². The smallest absolute Gasteiger partial charge is 0.233 e. The largest absolute Gasteiger partial charge is 0.508 e.